The normalized spacial score (nSPS) is 10.5. The molecule has 4 aromatic rings. The number of rotatable bonds is 8. The van der Waals surface area contributed by atoms with Crippen molar-refractivity contribution in [1.29, 1.82) is 0 Å². The van der Waals surface area contributed by atoms with Gasteiger partial charge in [-0.25, -0.2) is 4.79 Å². The molecule has 3 aromatic carbocycles. The number of nitrogens with zero attached hydrogens (tertiary/aromatic N) is 2. The van der Waals surface area contributed by atoms with E-state index in [0.29, 0.717) is 25.3 Å². The molecule has 6 heteroatoms. The third-order valence-corrected chi connectivity index (χ3v) is 5.55. The number of aromatic nitrogens is 1. The summed E-state index contributed by atoms with van der Waals surface area (Å²) in [6.45, 7) is 1.41. The minimum Gasteiger partial charge on any atom is -0.497 e. The second-order valence-corrected chi connectivity index (χ2v) is 7.98. The molecular formula is C28H28N4O2. The summed E-state index contributed by atoms with van der Waals surface area (Å²) in [7, 11) is 1.61. The first-order valence-electron chi connectivity index (χ1n) is 11.1. The first-order valence-corrected chi connectivity index (χ1v) is 11.1. The Labute approximate surface area is 200 Å². The van der Waals surface area contributed by atoms with Crippen molar-refractivity contribution in [2.75, 3.05) is 12.4 Å². The van der Waals surface area contributed by atoms with E-state index in [2.05, 4.69) is 46.7 Å². The number of amides is 2. The van der Waals surface area contributed by atoms with E-state index in [9.17, 15) is 4.79 Å². The van der Waals surface area contributed by atoms with Gasteiger partial charge < -0.3 is 20.7 Å². The van der Waals surface area contributed by atoms with Crippen molar-refractivity contribution in [2.45, 2.75) is 19.6 Å². The maximum absolute atomic E-state index is 13.2. The first-order chi connectivity index (χ1) is 16.6. The number of anilines is 1. The number of carbonyl (C=O) groups is 1. The maximum Gasteiger partial charge on any atom is 0.322 e. The van der Waals surface area contributed by atoms with Gasteiger partial charge in [-0.3, -0.25) is 4.98 Å². The van der Waals surface area contributed by atoms with E-state index in [1.807, 2.05) is 48.5 Å². The van der Waals surface area contributed by atoms with E-state index in [0.717, 1.165) is 33.6 Å². The highest BCUT2D eigenvalue weighted by Gasteiger charge is 2.15. The fraction of sp³-hybridized carbons (Fsp3) is 0.143. The standard InChI is InChI=1S/C28H28N4O2/c1-34-27-13-11-26(12-14-27)31-28(33)32(20-23-5-3-15-30-18-23)19-21-7-9-24(10-8-21)25-6-2-4-22(16-25)17-29/h2-16,18H,17,19-20,29H2,1H3,(H,31,33). The summed E-state index contributed by atoms with van der Waals surface area (Å²) in [4.78, 5) is 19.1. The van der Waals surface area contributed by atoms with Crippen LogP contribution in [0.4, 0.5) is 10.5 Å². The van der Waals surface area contributed by atoms with Gasteiger partial charge in [0.1, 0.15) is 5.75 Å². The van der Waals surface area contributed by atoms with Gasteiger partial charge in [0, 0.05) is 37.7 Å². The van der Waals surface area contributed by atoms with Gasteiger partial charge in [-0.2, -0.15) is 0 Å². The van der Waals surface area contributed by atoms with Gasteiger partial charge in [0.05, 0.1) is 7.11 Å². The predicted molar refractivity (Wildman–Crippen MR) is 135 cm³/mol. The summed E-state index contributed by atoms with van der Waals surface area (Å²) >= 11 is 0. The zero-order chi connectivity index (χ0) is 23.8. The van der Waals surface area contributed by atoms with Crippen LogP contribution in [0.15, 0.2) is 97.3 Å². The van der Waals surface area contributed by atoms with Gasteiger partial charge in [-0.1, -0.05) is 48.5 Å². The maximum atomic E-state index is 13.2. The topological polar surface area (TPSA) is 80.5 Å². The molecule has 6 nitrogen and oxygen atoms in total. The van der Waals surface area contributed by atoms with Gasteiger partial charge in [-0.15, -0.1) is 0 Å². The van der Waals surface area contributed by atoms with E-state index in [-0.39, 0.29) is 6.03 Å². The molecule has 34 heavy (non-hydrogen) atoms. The second-order valence-electron chi connectivity index (χ2n) is 7.98. The van der Waals surface area contributed by atoms with Crippen LogP contribution >= 0.6 is 0 Å². The van der Waals surface area contributed by atoms with Gasteiger partial charge >= 0.3 is 6.03 Å². The molecule has 172 valence electrons. The lowest BCUT2D eigenvalue weighted by Crippen LogP contribution is -2.34. The van der Waals surface area contributed by atoms with E-state index >= 15 is 0 Å². The number of nitrogens with two attached hydrogens (primary N) is 1. The Morgan fingerprint density at radius 2 is 1.62 bits per heavy atom. The number of hydrogen-bond donors (Lipinski definition) is 2. The van der Waals surface area contributed by atoms with E-state index in [1.165, 1.54) is 0 Å². The van der Waals surface area contributed by atoms with E-state index in [1.54, 1.807) is 24.4 Å². The highest BCUT2D eigenvalue weighted by atomic mass is 16.5. The SMILES string of the molecule is COc1ccc(NC(=O)N(Cc2ccc(-c3cccc(CN)c3)cc2)Cc2cccnc2)cc1. The molecule has 0 saturated heterocycles. The minimum atomic E-state index is -0.186. The Bertz CT molecular complexity index is 1210. The van der Waals surface area contributed by atoms with Crippen LogP contribution < -0.4 is 15.8 Å². The van der Waals surface area contributed by atoms with Crippen molar-refractivity contribution in [3.63, 3.8) is 0 Å². The molecule has 0 radical (unpaired) electrons. The summed E-state index contributed by atoms with van der Waals surface area (Å²) in [6, 6.07) is 27.4. The first kappa shape index (κ1) is 23.0. The molecule has 0 unspecified atom stereocenters. The van der Waals surface area contributed by atoms with Gasteiger partial charge in [0.15, 0.2) is 0 Å². The number of nitrogens with one attached hydrogen (secondary N) is 1. The largest absolute Gasteiger partial charge is 0.497 e. The van der Waals surface area contributed by atoms with Crippen molar-refractivity contribution in [3.05, 3.63) is 114 Å². The number of methoxy groups -OCH3 is 1. The summed E-state index contributed by atoms with van der Waals surface area (Å²) in [6.07, 6.45) is 3.50. The van der Waals surface area contributed by atoms with Crippen LogP contribution in [0, 0.1) is 0 Å². The molecule has 0 saturated carbocycles. The summed E-state index contributed by atoms with van der Waals surface area (Å²) < 4.78 is 5.20. The smallest absolute Gasteiger partial charge is 0.322 e. The Morgan fingerprint density at radius 3 is 2.29 bits per heavy atom. The van der Waals surface area contributed by atoms with Crippen molar-refractivity contribution in [1.82, 2.24) is 9.88 Å². The van der Waals surface area contributed by atoms with Crippen LogP contribution in [0.1, 0.15) is 16.7 Å². The molecule has 3 N–H and O–H groups in total. The monoisotopic (exact) mass is 452 g/mol. The molecule has 0 aliphatic heterocycles. The molecule has 0 aliphatic carbocycles. The average molecular weight is 453 g/mol. The van der Waals surface area contributed by atoms with Gasteiger partial charge in [0.25, 0.3) is 0 Å². The molecule has 0 fully saturated rings. The molecule has 1 aromatic heterocycles. The summed E-state index contributed by atoms with van der Waals surface area (Å²) in [5, 5.41) is 2.98. The van der Waals surface area contributed by atoms with Crippen LogP contribution in [0.5, 0.6) is 5.75 Å². The highest BCUT2D eigenvalue weighted by molar-refractivity contribution is 5.89. The number of hydrogen-bond acceptors (Lipinski definition) is 4. The molecule has 4 rings (SSSR count). The Morgan fingerprint density at radius 1 is 0.882 bits per heavy atom. The van der Waals surface area contributed by atoms with Crippen LogP contribution in [-0.4, -0.2) is 23.0 Å². The second kappa shape index (κ2) is 11.1. The van der Waals surface area contributed by atoms with Crippen molar-refractivity contribution in [2.24, 2.45) is 5.73 Å². The lowest BCUT2D eigenvalue weighted by molar-refractivity contribution is 0.206. The Kier molecular flexibility index (Phi) is 7.53. The van der Waals surface area contributed by atoms with Crippen LogP contribution in [0.3, 0.4) is 0 Å². The zero-order valence-corrected chi connectivity index (χ0v) is 19.1. The lowest BCUT2D eigenvalue weighted by Gasteiger charge is -2.23. The third-order valence-electron chi connectivity index (χ3n) is 5.55. The molecule has 0 bridgehead atoms. The fourth-order valence-electron chi connectivity index (χ4n) is 3.69. The van der Waals surface area contributed by atoms with Gasteiger partial charge in [-0.05, 0) is 64.2 Å². The Balaban J connectivity index is 1.51. The minimum absolute atomic E-state index is 0.186. The number of benzene rings is 3. The molecule has 0 spiro atoms. The van der Waals surface area contributed by atoms with Crippen LogP contribution in [0.2, 0.25) is 0 Å². The Hall–Kier alpha value is -4.16. The number of carbonyl (C=O) groups excluding carboxylic acids is 1. The average Bonchev–Trinajstić information content (AvgIpc) is 2.90. The van der Waals surface area contributed by atoms with Crippen molar-refractivity contribution < 1.29 is 9.53 Å². The highest BCUT2D eigenvalue weighted by Crippen LogP contribution is 2.22. The van der Waals surface area contributed by atoms with E-state index in [4.69, 9.17) is 10.5 Å². The van der Waals surface area contributed by atoms with Crippen molar-refractivity contribution in [3.8, 4) is 16.9 Å². The summed E-state index contributed by atoms with van der Waals surface area (Å²) in [5.74, 6) is 0.738. The quantitative estimate of drug-likeness (QED) is 0.372. The lowest BCUT2D eigenvalue weighted by atomic mass is 10.0. The molecular weight excluding hydrogens is 424 g/mol. The summed E-state index contributed by atoms with van der Waals surface area (Å²) in [5.41, 5.74) is 11.8. The molecule has 2 amide bonds. The van der Waals surface area contributed by atoms with Gasteiger partial charge in [0.2, 0.25) is 0 Å². The van der Waals surface area contributed by atoms with Crippen LogP contribution in [0.25, 0.3) is 11.1 Å². The third kappa shape index (κ3) is 5.99. The number of ether oxygens (including phenoxy) is 1. The predicted octanol–water partition coefficient (Wildman–Crippen LogP) is 5.45. The van der Waals surface area contributed by atoms with Crippen LogP contribution in [-0.2, 0) is 19.6 Å². The fourth-order valence-corrected chi connectivity index (χ4v) is 3.69. The molecule has 0 aliphatic rings. The molecule has 0 atom stereocenters. The van der Waals surface area contributed by atoms with Crippen molar-refractivity contribution >= 4 is 11.7 Å². The number of pyridine rings is 1. The van der Waals surface area contributed by atoms with E-state index < -0.39 is 0 Å². The number of urea groups is 1. The molecule has 1 heterocycles. The zero-order valence-electron chi connectivity index (χ0n) is 19.1.